The van der Waals surface area contributed by atoms with Gasteiger partial charge in [0.1, 0.15) is 11.4 Å². The number of hydrogen-bond donors (Lipinski definition) is 1. The number of anilines is 1. The second kappa shape index (κ2) is 5.69. The second-order valence-electron chi connectivity index (χ2n) is 3.86. The summed E-state index contributed by atoms with van der Waals surface area (Å²) in [5.41, 5.74) is 0.681. The smallest absolute Gasteiger partial charge is 0.292 e. The number of nitro benzene ring substituents is 1. The number of hydrogen-bond acceptors (Lipinski definition) is 5. The van der Waals surface area contributed by atoms with Crippen molar-refractivity contribution in [2.75, 3.05) is 11.9 Å². The number of nitro groups is 1. The van der Waals surface area contributed by atoms with E-state index in [1.807, 2.05) is 12.1 Å². The van der Waals surface area contributed by atoms with Crippen LogP contribution in [0.25, 0.3) is 0 Å². The first kappa shape index (κ1) is 12.6. The molecule has 0 unspecified atom stereocenters. The van der Waals surface area contributed by atoms with Crippen LogP contribution in [0.2, 0.25) is 0 Å². The third-order valence-electron chi connectivity index (χ3n) is 2.59. The average molecular weight is 257 g/mol. The van der Waals surface area contributed by atoms with Gasteiger partial charge in [0.15, 0.2) is 0 Å². The Balaban J connectivity index is 2.09. The molecule has 96 valence electrons. The summed E-state index contributed by atoms with van der Waals surface area (Å²) in [5, 5.41) is 22.6. The number of nitriles is 1. The summed E-state index contributed by atoms with van der Waals surface area (Å²) in [7, 11) is 0. The molecule has 0 aliphatic carbocycles. The fourth-order valence-corrected chi connectivity index (χ4v) is 1.68. The molecular formula is C13H11N3O3. The zero-order valence-corrected chi connectivity index (χ0v) is 10.00. The molecule has 1 N–H and O–H groups in total. The predicted molar refractivity (Wildman–Crippen MR) is 68.7 cm³/mol. The zero-order chi connectivity index (χ0) is 13.7. The quantitative estimate of drug-likeness (QED) is 0.656. The van der Waals surface area contributed by atoms with Gasteiger partial charge in [0, 0.05) is 19.0 Å². The van der Waals surface area contributed by atoms with Crippen LogP contribution in [0.15, 0.2) is 41.0 Å². The lowest BCUT2D eigenvalue weighted by atomic mass is 10.2. The van der Waals surface area contributed by atoms with Crippen molar-refractivity contribution in [1.82, 2.24) is 0 Å². The summed E-state index contributed by atoms with van der Waals surface area (Å²) in [4.78, 5) is 10.4. The van der Waals surface area contributed by atoms with Gasteiger partial charge in [-0.3, -0.25) is 10.1 Å². The Morgan fingerprint density at radius 3 is 2.89 bits per heavy atom. The van der Waals surface area contributed by atoms with Crippen LogP contribution < -0.4 is 5.32 Å². The van der Waals surface area contributed by atoms with Crippen LogP contribution in [-0.4, -0.2) is 11.5 Å². The zero-order valence-electron chi connectivity index (χ0n) is 10.00. The van der Waals surface area contributed by atoms with Crippen LogP contribution in [0.5, 0.6) is 0 Å². The summed E-state index contributed by atoms with van der Waals surface area (Å²) in [6.45, 7) is 0.489. The molecule has 0 saturated heterocycles. The maximum Gasteiger partial charge on any atom is 0.292 e. The third kappa shape index (κ3) is 3.10. The minimum atomic E-state index is -0.476. The van der Waals surface area contributed by atoms with Gasteiger partial charge in [0.25, 0.3) is 5.69 Å². The number of nitrogens with one attached hydrogen (secondary N) is 1. The van der Waals surface area contributed by atoms with Crippen molar-refractivity contribution in [3.8, 4) is 6.07 Å². The first-order chi connectivity index (χ1) is 9.20. The Morgan fingerprint density at radius 1 is 1.42 bits per heavy atom. The van der Waals surface area contributed by atoms with Crippen LogP contribution in [0.1, 0.15) is 11.3 Å². The summed E-state index contributed by atoms with van der Waals surface area (Å²) in [6, 6.07) is 9.80. The van der Waals surface area contributed by atoms with Crippen molar-refractivity contribution >= 4 is 11.4 Å². The third-order valence-corrected chi connectivity index (χ3v) is 2.59. The minimum Gasteiger partial charge on any atom is -0.469 e. The van der Waals surface area contributed by atoms with Crippen LogP contribution in [-0.2, 0) is 6.42 Å². The maximum atomic E-state index is 10.9. The van der Waals surface area contributed by atoms with Crippen molar-refractivity contribution in [2.24, 2.45) is 0 Å². The standard InChI is InChI=1S/C13H11N3O3/c14-9-10-3-4-13(16(17)18)12(8-10)15-6-5-11-2-1-7-19-11/h1-4,7-8,15H,5-6H2. The Kier molecular flexibility index (Phi) is 3.78. The van der Waals surface area contributed by atoms with Gasteiger partial charge in [-0.15, -0.1) is 0 Å². The topological polar surface area (TPSA) is 92.1 Å². The van der Waals surface area contributed by atoms with E-state index in [2.05, 4.69) is 5.32 Å². The predicted octanol–water partition coefficient (Wildman–Crippen LogP) is 2.71. The first-order valence-corrected chi connectivity index (χ1v) is 5.65. The average Bonchev–Trinajstić information content (AvgIpc) is 2.91. The molecule has 0 bridgehead atoms. The highest BCUT2D eigenvalue weighted by Gasteiger charge is 2.13. The van der Waals surface area contributed by atoms with Gasteiger partial charge in [-0.2, -0.15) is 5.26 Å². The van der Waals surface area contributed by atoms with Crippen LogP contribution in [0, 0.1) is 21.4 Å². The molecule has 0 amide bonds. The van der Waals surface area contributed by atoms with E-state index in [9.17, 15) is 10.1 Å². The molecule has 19 heavy (non-hydrogen) atoms. The van der Waals surface area contributed by atoms with E-state index in [-0.39, 0.29) is 5.69 Å². The first-order valence-electron chi connectivity index (χ1n) is 5.65. The molecule has 0 radical (unpaired) electrons. The van der Waals surface area contributed by atoms with Crippen LogP contribution >= 0.6 is 0 Å². The van der Waals surface area contributed by atoms with Gasteiger partial charge >= 0.3 is 0 Å². The van der Waals surface area contributed by atoms with Crippen LogP contribution in [0.3, 0.4) is 0 Å². The molecule has 0 spiro atoms. The van der Waals surface area contributed by atoms with E-state index in [4.69, 9.17) is 9.68 Å². The lowest BCUT2D eigenvalue weighted by Crippen LogP contribution is -2.06. The highest BCUT2D eigenvalue weighted by atomic mass is 16.6. The Hall–Kier alpha value is -2.81. The van der Waals surface area contributed by atoms with E-state index in [0.717, 1.165) is 5.76 Å². The maximum absolute atomic E-state index is 10.9. The lowest BCUT2D eigenvalue weighted by Gasteiger charge is -2.06. The molecule has 2 aromatic rings. The van der Waals surface area contributed by atoms with E-state index in [1.165, 1.54) is 18.2 Å². The van der Waals surface area contributed by atoms with Gasteiger partial charge in [0.2, 0.25) is 0 Å². The van der Waals surface area contributed by atoms with Crippen molar-refractivity contribution in [1.29, 1.82) is 5.26 Å². The lowest BCUT2D eigenvalue weighted by molar-refractivity contribution is -0.384. The minimum absolute atomic E-state index is 0.0431. The van der Waals surface area contributed by atoms with Crippen molar-refractivity contribution in [3.63, 3.8) is 0 Å². The van der Waals surface area contributed by atoms with E-state index in [0.29, 0.717) is 24.2 Å². The fraction of sp³-hybridized carbons (Fsp3) is 0.154. The summed E-state index contributed by atoms with van der Waals surface area (Å²) in [6.07, 6.45) is 2.19. The van der Waals surface area contributed by atoms with Crippen molar-refractivity contribution in [2.45, 2.75) is 6.42 Å². The van der Waals surface area contributed by atoms with Gasteiger partial charge in [-0.1, -0.05) is 0 Å². The summed E-state index contributed by atoms with van der Waals surface area (Å²) < 4.78 is 5.17. The van der Waals surface area contributed by atoms with E-state index >= 15 is 0 Å². The number of benzene rings is 1. The summed E-state index contributed by atoms with van der Waals surface area (Å²) >= 11 is 0. The fourth-order valence-electron chi connectivity index (χ4n) is 1.68. The largest absolute Gasteiger partial charge is 0.469 e. The highest BCUT2D eigenvalue weighted by Crippen LogP contribution is 2.25. The molecule has 2 rings (SSSR count). The highest BCUT2D eigenvalue weighted by molar-refractivity contribution is 5.64. The molecular weight excluding hydrogens is 246 g/mol. The van der Waals surface area contributed by atoms with Crippen LogP contribution in [0.4, 0.5) is 11.4 Å². The SMILES string of the molecule is N#Cc1ccc([N+](=O)[O-])c(NCCc2ccco2)c1. The molecule has 0 aliphatic heterocycles. The van der Waals surface area contributed by atoms with Gasteiger partial charge in [-0.25, -0.2) is 0 Å². The number of furan rings is 1. The van der Waals surface area contributed by atoms with E-state index < -0.39 is 4.92 Å². The molecule has 0 saturated carbocycles. The number of rotatable bonds is 5. The number of nitrogens with zero attached hydrogens (tertiary/aromatic N) is 2. The Bertz CT molecular complexity index is 615. The molecule has 0 atom stereocenters. The molecule has 1 aromatic heterocycles. The molecule has 6 nitrogen and oxygen atoms in total. The molecule has 0 aliphatic rings. The van der Waals surface area contributed by atoms with Gasteiger partial charge in [-0.05, 0) is 24.3 Å². The van der Waals surface area contributed by atoms with Gasteiger partial charge < -0.3 is 9.73 Å². The molecule has 1 heterocycles. The normalized spacial score (nSPS) is 9.84. The van der Waals surface area contributed by atoms with E-state index in [1.54, 1.807) is 12.3 Å². The van der Waals surface area contributed by atoms with Gasteiger partial charge in [0.05, 0.1) is 22.8 Å². The second-order valence-corrected chi connectivity index (χ2v) is 3.86. The summed E-state index contributed by atoms with van der Waals surface area (Å²) in [5.74, 6) is 0.798. The van der Waals surface area contributed by atoms with Crippen molar-refractivity contribution in [3.05, 3.63) is 58.0 Å². The van der Waals surface area contributed by atoms with Crippen molar-refractivity contribution < 1.29 is 9.34 Å². The monoisotopic (exact) mass is 257 g/mol. The molecule has 0 fully saturated rings. The Morgan fingerprint density at radius 2 is 2.26 bits per heavy atom. The molecule has 6 heteroatoms. The molecule has 1 aromatic carbocycles. The Labute approximate surface area is 109 Å².